The number of amides is 2. The molecule has 0 saturated carbocycles. The van der Waals surface area contributed by atoms with Gasteiger partial charge in [-0.15, -0.1) is 0 Å². The van der Waals surface area contributed by atoms with Gasteiger partial charge in [0.15, 0.2) is 0 Å². The van der Waals surface area contributed by atoms with Gasteiger partial charge in [0.25, 0.3) is 11.8 Å². The first-order valence-corrected chi connectivity index (χ1v) is 6.23. The highest BCUT2D eigenvalue weighted by Crippen LogP contribution is 2.41. The van der Waals surface area contributed by atoms with Crippen LogP contribution in [0.25, 0.3) is 0 Å². The number of ketones is 1. The Morgan fingerprint density at radius 1 is 1.16 bits per heavy atom. The van der Waals surface area contributed by atoms with Crippen molar-refractivity contribution in [3.63, 3.8) is 0 Å². The lowest BCUT2D eigenvalue weighted by atomic mass is 9.95. The SMILES string of the molecule is CC(=O)[C@H]1Cc2ccccc2[C@H]1N1C(=O)C=CC1=O. The van der Waals surface area contributed by atoms with E-state index in [-0.39, 0.29) is 23.5 Å². The van der Waals surface area contributed by atoms with Gasteiger partial charge in [0, 0.05) is 18.1 Å². The summed E-state index contributed by atoms with van der Waals surface area (Å²) in [7, 11) is 0. The maximum atomic E-state index is 11.9. The highest BCUT2D eigenvalue weighted by atomic mass is 16.2. The van der Waals surface area contributed by atoms with Gasteiger partial charge in [0.1, 0.15) is 5.78 Å². The van der Waals surface area contributed by atoms with Gasteiger partial charge in [-0.2, -0.15) is 0 Å². The minimum Gasteiger partial charge on any atom is -0.300 e. The van der Waals surface area contributed by atoms with E-state index >= 15 is 0 Å². The Kier molecular flexibility index (Phi) is 2.59. The van der Waals surface area contributed by atoms with E-state index in [9.17, 15) is 14.4 Å². The first-order valence-electron chi connectivity index (χ1n) is 6.23. The van der Waals surface area contributed by atoms with Crippen molar-refractivity contribution < 1.29 is 14.4 Å². The molecule has 4 heteroatoms. The van der Waals surface area contributed by atoms with Crippen LogP contribution in [0.3, 0.4) is 0 Å². The first kappa shape index (κ1) is 11.8. The average Bonchev–Trinajstić information content (AvgIpc) is 2.90. The van der Waals surface area contributed by atoms with Crippen LogP contribution in [0, 0.1) is 5.92 Å². The summed E-state index contributed by atoms with van der Waals surface area (Å²) in [4.78, 5) is 36.7. The number of rotatable bonds is 2. The molecule has 96 valence electrons. The Bertz CT molecular complexity index is 600. The topological polar surface area (TPSA) is 54.5 Å². The third kappa shape index (κ3) is 1.71. The minimum atomic E-state index is -0.455. The lowest BCUT2D eigenvalue weighted by Crippen LogP contribution is -2.38. The predicted molar refractivity (Wildman–Crippen MR) is 68.1 cm³/mol. The molecule has 4 nitrogen and oxygen atoms in total. The summed E-state index contributed by atoms with van der Waals surface area (Å²) in [5.41, 5.74) is 1.95. The zero-order valence-corrected chi connectivity index (χ0v) is 10.5. The predicted octanol–water partition coefficient (Wildman–Crippen LogP) is 1.41. The van der Waals surface area contributed by atoms with E-state index < -0.39 is 6.04 Å². The average molecular weight is 255 g/mol. The number of carbonyl (C=O) groups excluding carboxylic acids is 3. The van der Waals surface area contributed by atoms with Gasteiger partial charge in [0.2, 0.25) is 0 Å². The van der Waals surface area contributed by atoms with Crippen molar-refractivity contribution >= 4 is 17.6 Å². The summed E-state index contributed by atoms with van der Waals surface area (Å²) in [5, 5.41) is 0. The number of fused-ring (bicyclic) bond motifs is 1. The molecule has 1 aromatic rings. The fourth-order valence-electron chi connectivity index (χ4n) is 2.94. The molecule has 2 aliphatic rings. The van der Waals surface area contributed by atoms with Gasteiger partial charge in [-0.25, -0.2) is 0 Å². The standard InChI is InChI=1S/C15H13NO3/c1-9(17)12-8-10-4-2-3-5-11(10)15(12)16-13(18)6-7-14(16)19/h2-7,12,15H,8H2,1H3/t12-,15-/m1/s1. The molecule has 2 atom stereocenters. The van der Waals surface area contributed by atoms with Crippen LogP contribution in [0.4, 0.5) is 0 Å². The second-order valence-corrected chi connectivity index (χ2v) is 4.94. The van der Waals surface area contributed by atoms with Crippen LogP contribution in [0.15, 0.2) is 36.4 Å². The molecule has 1 aromatic carbocycles. The minimum absolute atomic E-state index is 0.00806. The van der Waals surface area contributed by atoms with E-state index in [4.69, 9.17) is 0 Å². The lowest BCUT2D eigenvalue weighted by molar-refractivity contribution is -0.141. The molecule has 19 heavy (non-hydrogen) atoms. The highest BCUT2D eigenvalue weighted by molar-refractivity contribution is 6.13. The number of imide groups is 1. The van der Waals surface area contributed by atoms with Crippen molar-refractivity contribution in [3.8, 4) is 0 Å². The van der Waals surface area contributed by atoms with Gasteiger partial charge in [-0.1, -0.05) is 24.3 Å². The van der Waals surface area contributed by atoms with Gasteiger partial charge < -0.3 is 0 Å². The molecule has 1 heterocycles. The summed E-state index contributed by atoms with van der Waals surface area (Å²) >= 11 is 0. The normalized spacial score (nSPS) is 25.0. The van der Waals surface area contributed by atoms with Crippen molar-refractivity contribution in [1.29, 1.82) is 0 Å². The third-order valence-electron chi connectivity index (χ3n) is 3.84. The maximum Gasteiger partial charge on any atom is 0.254 e. The number of hydrogen-bond acceptors (Lipinski definition) is 3. The monoisotopic (exact) mass is 255 g/mol. The van der Waals surface area contributed by atoms with Crippen LogP contribution in [0.1, 0.15) is 24.1 Å². The molecule has 0 aromatic heterocycles. The molecule has 0 saturated heterocycles. The van der Waals surface area contributed by atoms with Crippen molar-refractivity contribution in [1.82, 2.24) is 4.90 Å². The summed E-state index contributed by atoms with van der Waals surface area (Å²) in [6, 6.07) is 7.16. The zero-order chi connectivity index (χ0) is 13.6. The molecule has 0 fully saturated rings. The quantitative estimate of drug-likeness (QED) is 0.751. The Morgan fingerprint density at radius 2 is 1.79 bits per heavy atom. The van der Waals surface area contributed by atoms with E-state index in [0.717, 1.165) is 11.1 Å². The molecular formula is C15H13NO3. The van der Waals surface area contributed by atoms with Gasteiger partial charge in [-0.3, -0.25) is 19.3 Å². The van der Waals surface area contributed by atoms with Crippen LogP contribution < -0.4 is 0 Å². The van der Waals surface area contributed by atoms with Gasteiger partial charge >= 0.3 is 0 Å². The summed E-state index contributed by atoms with van der Waals surface area (Å²) < 4.78 is 0. The molecular weight excluding hydrogens is 242 g/mol. The number of nitrogens with zero attached hydrogens (tertiary/aromatic N) is 1. The fourth-order valence-corrected chi connectivity index (χ4v) is 2.94. The molecule has 3 rings (SSSR count). The van der Waals surface area contributed by atoms with E-state index in [1.165, 1.54) is 24.0 Å². The van der Waals surface area contributed by atoms with Crippen LogP contribution in [-0.2, 0) is 20.8 Å². The zero-order valence-electron chi connectivity index (χ0n) is 10.5. The van der Waals surface area contributed by atoms with Crippen molar-refractivity contribution in [2.24, 2.45) is 5.92 Å². The second-order valence-electron chi connectivity index (χ2n) is 4.94. The number of Topliss-reactive ketones (excluding diaryl/α,β-unsaturated/α-hetero) is 1. The van der Waals surface area contributed by atoms with E-state index in [1.54, 1.807) is 0 Å². The molecule has 1 aliphatic carbocycles. The summed E-state index contributed by atoms with van der Waals surface area (Å²) in [6.07, 6.45) is 3.12. The Hall–Kier alpha value is -2.23. The van der Waals surface area contributed by atoms with Crippen molar-refractivity contribution in [2.45, 2.75) is 19.4 Å². The van der Waals surface area contributed by atoms with Crippen LogP contribution >= 0.6 is 0 Å². The maximum absolute atomic E-state index is 11.9. The largest absolute Gasteiger partial charge is 0.300 e. The molecule has 0 N–H and O–H groups in total. The summed E-state index contributed by atoms with van der Waals surface area (Å²) in [5.74, 6) is -0.991. The Balaban J connectivity index is 2.08. The molecule has 0 radical (unpaired) electrons. The first-order chi connectivity index (χ1) is 9.09. The van der Waals surface area contributed by atoms with Crippen molar-refractivity contribution in [3.05, 3.63) is 47.5 Å². The number of benzene rings is 1. The number of carbonyl (C=O) groups is 3. The molecule has 1 aliphatic heterocycles. The number of hydrogen-bond donors (Lipinski definition) is 0. The second kappa shape index (κ2) is 4.16. The Labute approximate surface area is 110 Å². The van der Waals surface area contributed by atoms with E-state index in [0.29, 0.717) is 6.42 Å². The van der Waals surface area contributed by atoms with Crippen LogP contribution in [0.5, 0.6) is 0 Å². The lowest BCUT2D eigenvalue weighted by Gasteiger charge is -2.27. The van der Waals surface area contributed by atoms with E-state index in [1.807, 2.05) is 24.3 Å². The fraction of sp³-hybridized carbons (Fsp3) is 0.267. The third-order valence-corrected chi connectivity index (χ3v) is 3.84. The molecule has 2 amide bonds. The smallest absolute Gasteiger partial charge is 0.254 e. The van der Waals surface area contributed by atoms with Crippen molar-refractivity contribution in [2.75, 3.05) is 0 Å². The molecule has 0 bridgehead atoms. The molecule has 0 spiro atoms. The Morgan fingerprint density at radius 3 is 2.42 bits per heavy atom. The van der Waals surface area contributed by atoms with Gasteiger partial charge in [-0.05, 0) is 24.5 Å². The van der Waals surface area contributed by atoms with Crippen LogP contribution in [0.2, 0.25) is 0 Å². The summed E-state index contributed by atoms with van der Waals surface area (Å²) in [6.45, 7) is 1.52. The molecule has 0 unspecified atom stereocenters. The highest BCUT2D eigenvalue weighted by Gasteiger charge is 2.43. The van der Waals surface area contributed by atoms with Gasteiger partial charge in [0.05, 0.1) is 6.04 Å². The van der Waals surface area contributed by atoms with Crippen LogP contribution in [-0.4, -0.2) is 22.5 Å². The van der Waals surface area contributed by atoms with E-state index in [2.05, 4.69) is 0 Å².